The smallest absolute Gasteiger partial charge is 0.410 e. The van der Waals surface area contributed by atoms with Crippen LogP contribution in [0.25, 0.3) is 0 Å². The first-order valence-corrected chi connectivity index (χ1v) is 14.2. The Kier molecular flexibility index (Phi) is 9.71. The van der Waals surface area contributed by atoms with E-state index in [4.69, 9.17) is 14.2 Å². The summed E-state index contributed by atoms with van der Waals surface area (Å²) in [6, 6.07) is 26.5. The molecule has 5 rings (SSSR count). The van der Waals surface area contributed by atoms with E-state index in [2.05, 4.69) is 0 Å². The van der Waals surface area contributed by atoms with Gasteiger partial charge in [-0.05, 0) is 16.7 Å². The van der Waals surface area contributed by atoms with E-state index in [1.54, 1.807) is 36.4 Å². The van der Waals surface area contributed by atoms with Gasteiger partial charge in [0, 0.05) is 19.5 Å². The van der Waals surface area contributed by atoms with Crippen LogP contribution >= 0.6 is 0 Å². The molecule has 2 atom stereocenters. The topological polar surface area (TPSA) is 123 Å². The Hall–Kier alpha value is -5.38. The zero-order chi connectivity index (χ0) is 30.9. The fourth-order valence-electron chi connectivity index (χ4n) is 4.93. The molecule has 2 saturated heterocycles. The van der Waals surface area contributed by atoms with Crippen molar-refractivity contribution >= 4 is 23.9 Å². The SMILES string of the molecule is O=C(O)C(CC=CCN(Cc1ccccc1)C(=O)OCc1ccccc1)=C1O[C@@H]2CC(=O)N2C1C(=O)OCc1ccccc1. The van der Waals surface area contributed by atoms with Crippen molar-refractivity contribution in [2.45, 2.75) is 44.9 Å². The number of carbonyl (C=O) groups excluding carboxylic acids is 3. The summed E-state index contributed by atoms with van der Waals surface area (Å²) in [6.07, 6.45) is 1.95. The van der Waals surface area contributed by atoms with Crippen molar-refractivity contribution < 1.29 is 38.5 Å². The summed E-state index contributed by atoms with van der Waals surface area (Å²) in [6.45, 7) is 0.500. The zero-order valence-corrected chi connectivity index (χ0v) is 23.9. The summed E-state index contributed by atoms with van der Waals surface area (Å²) in [5.41, 5.74) is 2.33. The minimum absolute atomic E-state index is 0.0317. The maximum atomic E-state index is 13.1. The highest BCUT2D eigenvalue weighted by atomic mass is 16.6. The van der Waals surface area contributed by atoms with E-state index in [0.29, 0.717) is 0 Å². The van der Waals surface area contributed by atoms with Crippen molar-refractivity contribution in [3.8, 4) is 0 Å². The molecule has 0 aliphatic carbocycles. The van der Waals surface area contributed by atoms with Crippen molar-refractivity contribution in [2.24, 2.45) is 0 Å². The zero-order valence-electron chi connectivity index (χ0n) is 23.9. The molecular weight excluding hydrogens is 564 g/mol. The molecule has 2 heterocycles. The fraction of sp³-hybridized carbons (Fsp3) is 0.235. The number of esters is 1. The summed E-state index contributed by atoms with van der Waals surface area (Å²) in [7, 11) is 0. The molecule has 1 N–H and O–H groups in total. The Balaban J connectivity index is 1.29. The van der Waals surface area contributed by atoms with Crippen molar-refractivity contribution in [2.75, 3.05) is 6.54 Å². The summed E-state index contributed by atoms with van der Waals surface area (Å²) in [4.78, 5) is 53.5. The lowest BCUT2D eigenvalue weighted by Gasteiger charge is -2.33. The third kappa shape index (κ3) is 7.33. The number of allylic oxidation sites excluding steroid dienone is 1. The van der Waals surface area contributed by atoms with Crippen LogP contribution in [-0.4, -0.2) is 57.7 Å². The van der Waals surface area contributed by atoms with Gasteiger partial charge >= 0.3 is 18.0 Å². The Morgan fingerprint density at radius 1 is 0.841 bits per heavy atom. The van der Waals surface area contributed by atoms with E-state index in [-0.39, 0.29) is 56.4 Å². The first-order chi connectivity index (χ1) is 21.4. The second kappa shape index (κ2) is 14.2. The lowest BCUT2D eigenvalue weighted by atomic mass is 10.0. The highest BCUT2D eigenvalue weighted by molar-refractivity contribution is 5.95. The lowest BCUT2D eigenvalue weighted by Crippen LogP contribution is -2.55. The average molecular weight is 597 g/mol. The number of rotatable bonds is 12. The van der Waals surface area contributed by atoms with Crippen LogP contribution in [0, 0.1) is 0 Å². The fourth-order valence-corrected chi connectivity index (χ4v) is 4.93. The van der Waals surface area contributed by atoms with Gasteiger partial charge in [-0.2, -0.15) is 0 Å². The van der Waals surface area contributed by atoms with Crippen LogP contribution in [-0.2, 0) is 48.4 Å². The Morgan fingerprint density at radius 3 is 1.98 bits per heavy atom. The summed E-state index contributed by atoms with van der Waals surface area (Å²) in [5, 5.41) is 10.1. The van der Waals surface area contributed by atoms with Crippen LogP contribution in [0.2, 0.25) is 0 Å². The van der Waals surface area contributed by atoms with E-state index in [1.807, 2.05) is 66.7 Å². The summed E-state index contributed by atoms with van der Waals surface area (Å²) >= 11 is 0. The predicted octanol–water partition coefficient (Wildman–Crippen LogP) is 4.81. The van der Waals surface area contributed by atoms with Gasteiger partial charge in [-0.25, -0.2) is 14.4 Å². The van der Waals surface area contributed by atoms with E-state index in [9.17, 15) is 24.3 Å². The first kappa shape index (κ1) is 30.1. The largest absolute Gasteiger partial charge is 0.478 e. The second-order valence-electron chi connectivity index (χ2n) is 10.3. The predicted molar refractivity (Wildman–Crippen MR) is 158 cm³/mol. The first-order valence-electron chi connectivity index (χ1n) is 14.2. The molecule has 10 nitrogen and oxygen atoms in total. The average Bonchev–Trinajstić information content (AvgIpc) is 3.35. The number of carboxylic acid groups (broad SMARTS) is 1. The van der Waals surface area contributed by atoms with Gasteiger partial charge in [0.1, 0.15) is 19.0 Å². The van der Waals surface area contributed by atoms with Gasteiger partial charge in [0.2, 0.25) is 5.91 Å². The molecule has 1 unspecified atom stereocenters. The third-order valence-corrected chi connectivity index (χ3v) is 7.23. The van der Waals surface area contributed by atoms with Gasteiger partial charge in [0.25, 0.3) is 0 Å². The molecule has 0 saturated carbocycles. The summed E-state index contributed by atoms with van der Waals surface area (Å²) in [5.74, 6) is -2.49. The normalized spacial score (nSPS) is 18.2. The highest BCUT2D eigenvalue weighted by Crippen LogP contribution is 2.39. The molecule has 2 aliphatic rings. The molecule has 0 bridgehead atoms. The van der Waals surface area contributed by atoms with Crippen molar-refractivity contribution in [3.05, 3.63) is 131 Å². The number of nitrogens with zero attached hydrogens (tertiary/aromatic N) is 2. The molecule has 2 amide bonds. The van der Waals surface area contributed by atoms with Crippen LogP contribution < -0.4 is 0 Å². The number of carbonyl (C=O) groups is 4. The van der Waals surface area contributed by atoms with Gasteiger partial charge in [-0.1, -0.05) is 103 Å². The van der Waals surface area contributed by atoms with Gasteiger partial charge in [-0.3, -0.25) is 9.69 Å². The van der Waals surface area contributed by atoms with E-state index in [0.717, 1.165) is 16.7 Å². The number of ether oxygens (including phenoxy) is 3. The number of fused-ring (bicyclic) bond motifs is 1. The molecule has 10 heteroatoms. The number of amides is 2. The molecule has 2 fully saturated rings. The van der Waals surface area contributed by atoms with Gasteiger partial charge in [-0.15, -0.1) is 0 Å². The number of carboxylic acids is 1. The van der Waals surface area contributed by atoms with Crippen molar-refractivity contribution in [1.82, 2.24) is 9.80 Å². The Morgan fingerprint density at radius 2 is 1.41 bits per heavy atom. The van der Waals surface area contributed by atoms with Gasteiger partial charge in [0.05, 0.1) is 12.0 Å². The van der Waals surface area contributed by atoms with E-state index >= 15 is 0 Å². The standard InChI is InChI=1S/C34H32N2O8/c37-28-20-29-36(28)30(33(40)42-22-25-14-6-2-7-15-25)31(44-29)27(32(38)39)18-10-11-19-35(21-24-12-4-1-5-13-24)34(41)43-23-26-16-8-3-9-17-26/h1-17,29-30H,18-23H2,(H,38,39)/t29-,30?/m1/s1. The molecule has 3 aromatic carbocycles. The van der Waals surface area contributed by atoms with Crippen LogP contribution in [0.1, 0.15) is 29.5 Å². The minimum atomic E-state index is -1.29. The quantitative estimate of drug-likeness (QED) is 0.137. The number of aliphatic carboxylic acids is 1. The maximum absolute atomic E-state index is 13.1. The second-order valence-corrected chi connectivity index (χ2v) is 10.3. The van der Waals surface area contributed by atoms with E-state index in [1.165, 1.54) is 9.80 Å². The molecule has 226 valence electrons. The number of β-lactam (4-membered cyclic amide) rings is 1. The van der Waals surface area contributed by atoms with Crippen molar-refractivity contribution in [3.63, 3.8) is 0 Å². The van der Waals surface area contributed by atoms with E-state index < -0.39 is 30.3 Å². The molecule has 0 spiro atoms. The molecular formula is C34H32N2O8. The molecule has 0 aromatic heterocycles. The number of hydrogen-bond acceptors (Lipinski definition) is 7. The van der Waals surface area contributed by atoms with Crippen LogP contribution in [0.4, 0.5) is 4.79 Å². The van der Waals surface area contributed by atoms with Gasteiger partial charge < -0.3 is 24.2 Å². The molecule has 2 aliphatic heterocycles. The number of benzene rings is 3. The van der Waals surface area contributed by atoms with Gasteiger partial charge in [0.15, 0.2) is 12.3 Å². The van der Waals surface area contributed by atoms with Crippen LogP contribution in [0.3, 0.4) is 0 Å². The minimum Gasteiger partial charge on any atom is -0.478 e. The Labute approximate surface area is 254 Å². The molecule has 44 heavy (non-hydrogen) atoms. The monoisotopic (exact) mass is 596 g/mol. The van der Waals surface area contributed by atoms with Crippen LogP contribution in [0.5, 0.6) is 0 Å². The van der Waals surface area contributed by atoms with Crippen molar-refractivity contribution in [1.29, 1.82) is 0 Å². The summed E-state index contributed by atoms with van der Waals surface area (Å²) < 4.78 is 16.8. The third-order valence-electron chi connectivity index (χ3n) is 7.23. The lowest BCUT2D eigenvalue weighted by molar-refractivity contribution is -0.166. The van der Waals surface area contributed by atoms with Crippen LogP contribution in [0.15, 0.2) is 114 Å². The Bertz CT molecular complexity index is 1540. The molecule has 3 aromatic rings. The maximum Gasteiger partial charge on any atom is 0.410 e. The highest BCUT2D eigenvalue weighted by Gasteiger charge is 2.55. The molecule has 0 radical (unpaired) electrons. The number of hydrogen-bond donors (Lipinski definition) is 1.